The van der Waals surface area contributed by atoms with E-state index in [2.05, 4.69) is 10.1 Å². The molecule has 0 aliphatic heterocycles. The van der Waals surface area contributed by atoms with Gasteiger partial charge in [-0.1, -0.05) is 12.5 Å². The number of Topliss-reactive ketones (excluding diaryl/α,β-unsaturated/α-hetero) is 1. The number of rotatable bonds is 7. The van der Waals surface area contributed by atoms with E-state index in [1.54, 1.807) is 12.1 Å². The zero-order valence-corrected chi connectivity index (χ0v) is 13.5. The first-order chi connectivity index (χ1) is 11.1. The Balaban J connectivity index is 1.76. The highest BCUT2D eigenvalue weighted by molar-refractivity contribution is 6.00. The lowest BCUT2D eigenvalue weighted by Gasteiger charge is -2.15. The molecule has 1 aromatic rings. The Morgan fingerprint density at radius 3 is 2.78 bits per heavy atom. The fraction of sp³-hybridized carbons (Fsp3) is 0.500. The Labute approximate surface area is 136 Å². The molecule has 1 aromatic carbocycles. The molecule has 0 saturated carbocycles. The number of unbranched alkanes of at least 4 members (excludes halogenated alkanes) is 2. The van der Waals surface area contributed by atoms with E-state index in [9.17, 15) is 14.4 Å². The number of esters is 1. The lowest BCUT2D eigenvalue weighted by atomic mass is 9.89. The van der Waals surface area contributed by atoms with Gasteiger partial charge in [0.15, 0.2) is 5.78 Å². The largest absolute Gasteiger partial charge is 0.469 e. The summed E-state index contributed by atoms with van der Waals surface area (Å²) >= 11 is 0. The van der Waals surface area contributed by atoms with Gasteiger partial charge < -0.3 is 10.1 Å². The van der Waals surface area contributed by atoms with Crippen LogP contribution < -0.4 is 5.32 Å². The van der Waals surface area contributed by atoms with E-state index in [0.717, 1.165) is 43.2 Å². The van der Waals surface area contributed by atoms with Gasteiger partial charge in [-0.2, -0.15) is 0 Å². The van der Waals surface area contributed by atoms with Crippen LogP contribution in [-0.2, 0) is 16.0 Å². The van der Waals surface area contributed by atoms with E-state index in [1.165, 1.54) is 7.11 Å². The lowest BCUT2D eigenvalue weighted by Crippen LogP contribution is -2.25. The topological polar surface area (TPSA) is 72.5 Å². The molecule has 124 valence electrons. The summed E-state index contributed by atoms with van der Waals surface area (Å²) in [6.45, 7) is 0.579. The van der Waals surface area contributed by atoms with Crippen molar-refractivity contribution in [2.24, 2.45) is 0 Å². The van der Waals surface area contributed by atoms with Gasteiger partial charge >= 0.3 is 5.97 Å². The van der Waals surface area contributed by atoms with Crippen LogP contribution in [0.25, 0.3) is 0 Å². The predicted octanol–water partition coefficient (Wildman–Crippen LogP) is 2.67. The second-order valence-electron chi connectivity index (χ2n) is 5.79. The van der Waals surface area contributed by atoms with E-state index in [-0.39, 0.29) is 17.7 Å². The molecule has 1 aliphatic rings. The highest BCUT2D eigenvalue weighted by Gasteiger charge is 2.18. The van der Waals surface area contributed by atoms with Crippen molar-refractivity contribution in [3.63, 3.8) is 0 Å². The summed E-state index contributed by atoms with van der Waals surface area (Å²) in [5.74, 6) is -0.139. The van der Waals surface area contributed by atoms with Crippen LogP contribution in [0, 0.1) is 0 Å². The van der Waals surface area contributed by atoms with E-state index >= 15 is 0 Å². The minimum Gasteiger partial charge on any atom is -0.469 e. The van der Waals surface area contributed by atoms with Gasteiger partial charge in [0.2, 0.25) is 0 Å². The van der Waals surface area contributed by atoms with Crippen molar-refractivity contribution in [1.82, 2.24) is 5.32 Å². The molecule has 5 heteroatoms. The molecule has 0 radical (unpaired) electrons. The minimum absolute atomic E-state index is 0.112. The Hall–Kier alpha value is -2.17. The number of carbonyl (C=O) groups is 3. The van der Waals surface area contributed by atoms with Crippen LogP contribution in [0.4, 0.5) is 0 Å². The molecule has 0 aromatic heterocycles. The van der Waals surface area contributed by atoms with Crippen LogP contribution in [0.3, 0.4) is 0 Å². The molecule has 1 aliphatic carbocycles. The Kier molecular flexibility index (Phi) is 6.32. The second-order valence-corrected chi connectivity index (χ2v) is 5.79. The fourth-order valence-electron chi connectivity index (χ4n) is 2.77. The summed E-state index contributed by atoms with van der Waals surface area (Å²) in [5, 5.41) is 2.88. The number of hydrogen-bond acceptors (Lipinski definition) is 4. The maximum atomic E-state index is 12.1. The number of fused-ring (bicyclic) bond motifs is 1. The molecule has 23 heavy (non-hydrogen) atoms. The summed E-state index contributed by atoms with van der Waals surface area (Å²) in [4.78, 5) is 34.9. The van der Waals surface area contributed by atoms with Crippen LogP contribution >= 0.6 is 0 Å². The number of nitrogens with one attached hydrogen (secondary N) is 1. The molecule has 1 amide bonds. The maximum absolute atomic E-state index is 12.1. The number of ketones is 1. The maximum Gasteiger partial charge on any atom is 0.305 e. The molecule has 0 heterocycles. The quantitative estimate of drug-likeness (QED) is 0.620. The molecule has 0 fully saturated rings. The average molecular weight is 317 g/mol. The summed E-state index contributed by atoms with van der Waals surface area (Å²) in [5.41, 5.74) is 2.34. The molecular weight excluding hydrogens is 294 g/mol. The van der Waals surface area contributed by atoms with Gasteiger partial charge in [0.1, 0.15) is 0 Å². The smallest absolute Gasteiger partial charge is 0.305 e. The molecule has 2 rings (SSSR count). The molecule has 5 nitrogen and oxygen atoms in total. The Morgan fingerprint density at radius 2 is 2.00 bits per heavy atom. The number of amides is 1. The molecule has 0 spiro atoms. The number of aryl methyl sites for hydroxylation is 1. The first kappa shape index (κ1) is 17.2. The fourth-order valence-corrected chi connectivity index (χ4v) is 2.77. The van der Waals surface area contributed by atoms with Crippen molar-refractivity contribution in [2.75, 3.05) is 13.7 Å². The number of carbonyl (C=O) groups excluding carboxylic acids is 3. The van der Waals surface area contributed by atoms with Crippen molar-refractivity contribution < 1.29 is 19.1 Å². The summed E-state index contributed by atoms with van der Waals surface area (Å²) < 4.78 is 4.57. The SMILES string of the molecule is COC(=O)CCCCCNC(=O)c1ccc2c(c1)CCCC2=O. The van der Waals surface area contributed by atoms with Gasteiger partial charge in [-0.15, -0.1) is 0 Å². The lowest BCUT2D eigenvalue weighted by molar-refractivity contribution is -0.140. The predicted molar refractivity (Wildman–Crippen MR) is 86.5 cm³/mol. The first-order valence-electron chi connectivity index (χ1n) is 8.13. The van der Waals surface area contributed by atoms with Crippen LogP contribution in [0.5, 0.6) is 0 Å². The number of benzene rings is 1. The van der Waals surface area contributed by atoms with Crippen molar-refractivity contribution in [2.45, 2.75) is 44.9 Å². The van der Waals surface area contributed by atoms with Crippen LogP contribution in [-0.4, -0.2) is 31.3 Å². The van der Waals surface area contributed by atoms with Gasteiger partial charge in [-0.05, 0) is 43.4 Å². The molecular formula is C18H23NO4. The number of ether oxygens (including phenoxy) is 1. The van der Waals surface area contributed by atoms with E-state index < -0.39 is 0 Å². The van der Waals surface area contributed by atoms with Crippen molar-refractivity contribution in [3.05, 3.63) is 34.9 Å². The van der Waals surface area contributed by atoms with Gasteiger partial charge in [0.25, 0.3) is 5.91 Å². The zero-order chi connectivity index (χ0) is 16.7. The zero-order valence-electron chi connectivity index (χ0n) is 13.5. The molecule has 1 N–H and O–H groups in total. The number of methoxy groups -OCH3 is 1. The van der Waals surface area contributed by atoms with E-state index in [0.29, 0.717) is 24.9 Å². The normalized spacial score (nSPS) is 13.3. The highest BCUT2D eigenvalue weighted by Crippen LogP contribution is 2.22. The van der Waals surface area contributed by atoms with Crippen molar-refractivity contribution in [1.29, 1.82) is 0 Å². The molecule has 0 atom stereocenters. The summed E-state index contributed by atoms with van der Waals surface area (Å²) in [7, 11) is 1.38. The molecule has 0 bridgehead atoms. The third-order valence-corrected chi connectivity index (χ3v) is 4.09. The third-order valence-electron chi connectivity index (χ3n) is 4.09. The van der Waals surface area contributed by atoms with Gasteiger partial charge in [-0.25, -0.2) is 0 Å². The Bertz CT molecular complexity index is 595. The van der Waals surface area contributed by atoms with Gasteiger partial charge in [-0.3, -0.25) is 14.4 Å². The minimum atomic E-state index is -0.197. The van der Waals surface area contributed by atoms with Crippen molar-refractivity contribution in [3.8, 4) is 0 Å². The molecule has 0 saturated heterocycles. The first-order valence-corrected chi connectivity index (χ1v) is 8.13. The summed E-state index contributed by atoms with van der Waals surface area (Å²) in [6.07, 6.45) is 5.20. The second kappa shape index (κ2) is 8.46. The number of hydrogen-bond donors (Lipinski definition) is 1. The Morgan fingerprint density at radius 1 is 1.17 bits per heavy atom. The van der Waals surface area contributed by atoms with Gasteiger partial charge in [0.05, 0.1) is 7.11 Å². The highest BCUT2D eigenvalue weighted by atomic mass is 16.5. The third kappa shape index (κ3) is 4.91. The van der Waals surface area contributed by atoms with Crippen LogP contribution in [0.15, 0.2) is 18.2 Å². The van der Waals surface area contributed by atoms with Crippen LogP contribution in [0.2, 0.25) is 0 Å². The van der Waals surface area contributed by atoms with Crippen LogP contribution in [0.1, 0.15) is 64.8 Å². The van der Waals surface area contributed by atoms with E-state index in [4.69, 9.17) is 0 Å². The van der Waals surface area contributed by atoms with Gasteiger partial charge in [0, 0.05) is 30.5 Å². The molecule has 0 unspecified atom stereocenters. The average Bonchev–Trinajstić information content (AvgIpc) is 2.57. The summed E-state index contributed by atoms with van der Waals surface area (Å²) in [6, 6.07) is 5.32. The van der Waals surface area contributed by atoms with E-state index in [1.807, 2.05) is 6.07 Å². The standard InChI is InChI=1S/C18H23NO4/c1-23-17(21)8-3-2-4-11-19-18(22)14-9-10-15-13(12-14)6-5-7-16(15)20/h9-10,12H,2-8,11H2,1H3,(H,19,22). The van der Waals surface area contributed by atoms with Crippen molar-refractivity contribution >= 4 is 17.7 Å². The monoisotopic (exact) mass is 317 g/mol.